The minimum atomic E-state index is -4.50. The van der Waals surface area contributed by atoms with E-state index in [0.717, 1.165) is 12.1 Å². The van der Waals surface area contributed by atoms with Crippen molar-refractivity contribution < 1.29 is 22.3 Å². The third kappa shape index (κ3) is 3.33. The molecule has 96 valence electrons. The standard InChI is InChI=1S/C11H13F4NO/c1-3-16-10(11(13,14)15)8-6-7(12)4-5-9(8)17-2/h4-6,10,16H,3H2,1-2H3. The van der Waals surface area contributed by atoms with Crippen LogP contribution in [0.15, 0.2) is 18.2 Å². The molecule has 6 heteroatoms. The molecule has 0 saturated carbocycles. The van der Waals surface area contributed by atoms with E-state index in [-0.39, 0.29) is 17.9 Å². The highest BCUT2D eigenvalue weighted by atomic mass is 19.4. The van der Waals surface area contributed by atoms with Crippen LogP contribution >= 0.6 is 0 Å². The first-order valence-electron chi connectivity index (χ1n) is 5.03. The topological polar surface area (TPSA) is 21.3 Å². The Bertz CT molecular complexity index is 378. The summed E-state index contributed by atoms with van der Waals surface area (Å²) in [6, 6.07) is 1.14. The number of hydrogen-bond acceptors (Lipinski definition) is 2. The fraction of sp³-hybridized carbons (Fsp3) is 0.455. The molecule has 0 aliphatic heterocycles. The van der Waals surface area contributed by atoms with E-state index in [9.17, 15) is 17.6 Å². The van der Waals surface area contributed by atoms with Crippen LogP contribution in [0.4, 0.5) is 17.6 Å². The van der Waals surface area contributed by atoms with E-state index >= 15 is 0 Å². The van der Waals surface area contributed by atoms with Crippen LogP contribution in [0.1, 0.15) is 18.5 Å². The van der Waals surface area contributed by atoms with Crippen LogP contribution in [0.3, 0.4) is 0 Å². The van der Waals surface area contributed by atoms with Gasteiger partial charge < -0.3 is 10.1 Å². The molecule has 0 radical (unpaired) electrons. The molecule has 0 fully saturated rings. The van der Waals surface area contributed by atoms with Gasteiger partial charge in [0.2, 0.25) is 0 Å². The lowest BCUT2D eigenvalue weighted by Crippen LogP contribution is -2.34. The lowest BCUT2D eigenvalue weighted by atomic mass is 10.0. The second-order valence-electron chi connectivity index (χ2n) is 3.42. The minimum absolute atomic E-state index is 0.00896. The normalized spacial score (nSPS) is 13.5. The van der Waals surface area contributed by atoms with Crippen molar-refractivity contribution in [3.05, 3.63) is 29.6 Å². The van der Waals surface area contributed by atoms with Crippen LogP contribution in [0.5, 0.6) is 5.75 Å². The Hall–Kier alpha value is -1.30. The van der Waals surface area contributed by atoms with E-state index in [0.29, 0.717) is 0 Å². The highest BCUT2D eigenvalue weighted by Crippen LogP contribution is 2.37. The largest absolute Gasteiger partial charge is 0.496 e. The maximum atomic E-state index is 13.0. The van der Waals surface area contributed by atoms with Crippen molar-refractivity contribution in [3.8, 4) is 5.75 Å². The predicted molar refractivity (Wildman–Crippen MR) is 55.4 cm³/mol. The maximum Gasteiger partial charge on any atom is 0.408 e. The molecule has 0 spiro atoms. The molecule has 17 heavy (non-hydrogen) atoms. The van der Waals surface area contributed by atoms with Crippen molar-refractivity contribution >= 4 is 0 Å². The molecule has 0 amide bonds. The van der Waals surface area contributed by atoms with Gasteiger partial charge in [-0.1, -0.05) is 6.92 Å². The summed E-state index contributed by atoms with van der Waals surface area (Å²) in [5.74, 6) is -0.720. The van der Waals surface area contributed by atoms with E-state index in [1.54, 1.807) is 6.92 Å². The molecule has 1 rings (SSSR count). The smallest absolute Gasteiger partial charge is 0.408 e. The van der Waals surface area contributed by atoms with Crippen LogP contribution < -0.4 is 10.1 Å². The van der Waals surface area contributed by atoms with Crippen molar-refractivity contribution in [2.45, 2.75) is 19.1 Å². The van der Waals surface area contributed by atoms with Crippen LogP contribution in [-0.4, -0.2) is 19.8 Å². The Kier molecular flexibility index (Phi) is 4.34. The number of ether oxygens (including phenoxy) is 1. The number of rotatable bonds is 4. The molecular formula is C11H13F4NO. The molecule has 1 aromatic rings. The van der Waals surface area contributed by atoms with Gasteiger partial charge in [0.25, 0.3) is 0 Å². The predicted octanol–water partition coefficient (Wildman–Crippen LogP) is 3.05. The van der Waals surface area contributed by atoms with Gasteiger partial charge in [0.15, 0.2) is 0 Å². The molecular weight excluding hydrogens is 238 g/mol. The van der Waals surface area contributed by atoms with Crippen LogP contribution in [0.25, 0.3) is 0 Å². The Morgan fingerprint density at radius 1 is 1.35 bits per heavy atom. The van der Waals surface area contributed by atoms with E-state index in [1.165, 1.54) is 13.2 Å². The summed E-state index contributed by atoms with van der Waals surface area (Å²) >= 11 is 0. The monoisotopic (exact) mass is 251 g/mol. The average molecular weight is 251 g/mol. The summed E-state index contributed by atoms with van der Waals surface area (Å²) in [5, 5.41) is 2.27. The highest BCUT2D eigenvalue weighted by Gasteiger charge is 2.41. The van der Waals surface area contributed by atoms with Crippen molar-refractivity contribution in [1.82, 2.24) is 5.32 Å². The zero-order valence-corrected chi connectivity index (χ0v) is 9.44. The summed E-state index contributed by atoms with van der Waals surface area (Å²) < 4.78 is 56.2. The van der Waals surface area contributed by atoms with E-state index in [2.05, 4.69) is 5.32 Å². The zero-order chi connectivity index (χ0) is 13.1. The summed E-state index contributed by atoms with van der Waals surface area (Å²) in [4.78, 5) is 0. The fourth-order valence-corrected chi connectivity index (χ4v) is 1.54. The molecule has 0 aliphatic rings. The average Bonchev–Trinajstić information content (AvgIpc) is 2.24. The van der Waals surface area contributed by atoms with Crippen molar-refractivity contribution in [2.75, 3.05) is 13.7 Å². The number of alkyl halides is 3. The molecule has 0 saturated heterocycles. The number of hydrogen-bond donors (Lipinski definition) is 1. The SMILES string of the molecule is CCNC(c1cc(F)ccc1OC)C(F)(F)F. The molecule has 1 aromatic carbocycles. The molecule has 0 heterocycles. The number of benzene rings is 1. The van der Waals surface area contributed by atoms with Gasteiger partial charge in [-0.25, -0.2) is 4.39 Å². The minimum Gasteiger partial charge on any atom is -0.496 e. The van der Waals surface area contributed by atoms with Crippen molar-refractivity contribution in [1.29, 1.82) is 0 Å². The second-order valence-corrected chi connectivity index (χ2v) is 3.42. The summed E-state index contributed by atoms with van der Waals surface area (Å²) in [7, 11) is 1.25. The Balaban J connectivity index is 3.21. The molecule has 1 atom stereocenters. The van der Waals surface area contributed by atoms with Gasteiger partial charge in [-0.2, -0.15) is 13.2 Å². The summed E-state index contributed by atoms with van der Waals surface area (Å²) in [6.07, 6.45) is -4.50. The molecule has 2 nitrogen and oxygen atoms in total. The quantitative estimate of drug-likeness (QED) is 0.830. The van der Waals surface area contributed by atoms with E-state index in [4.69, 9.17) is 4.74 Å². The van der Waals surface area contributed by atoms with Gasteiger partial charge in [-0.3, -0.25) is 0 Å². The third-order valence-corrected chi connectivity index (χ3v) is 2.24. The third-order valence-electron chi connectivity index (χ3n) is 2.24. The lowest BCUT2D eigenvalue weighted by Gasteiger charge is -2.23. The molecule has 0 bridgehead atoms. The molecule has 1 unspecified atom stereocenters. The van der Waals surface area contributed by atoms with Gasteiger partial charge in [0, 0.05) is 5.56 Å². The Morgan fingerprint density at radius 3 is 2.47 bits per heavy atom. The number of methoxy groups -OCH3 is 1. The van der Waals surface area contributed by atoms with Crippen molar-refractivity contribution in [3.63, 3.8) is 0 Å². The molecule has 1 N–H and O–H groups in total. The highest BCUT2D eigenvalue weighted by molar-refractivity contribution is 5.37. The van der Waals surface area contributed by atoms with Crippen LogP contribution in [0, 0.1) is 5.82 Å². The summed E-state index contributed by atoms with van der Waals surface area (Å²) in [5.41, 5.74) is -0.248. The summed E-state index contributed by atoms with van der Waals surface area (Å²) in [6.45, 7) is 1.66. The van der Waals surface area contributed by atoms with Crippen LogP contribution in [0.2, 0.25) is 0 Å². The van der Waals surface area contributed by atoms with E-state index in [1.807, 2.05) is 0 Å². The number of nitrogens with one attached hydrogen (secondary N) is 1. The van der Waals surface area contributed by atoms with Crippen molar-refractivity contribution in [2.24, 2.45) is 0 Å². The number of halogens is 4. The Morgan fingerprint density at radius 2 is 2.00 bits per heavy atom. The Labute approximate surface area is 96.6 Å². The maximum absolute atomic E-state index is 13.0. The lowest BCUT2D eigenvalue weighted by molar-refractivity contribution is -0.157. The van der Waals surface area contributed by atoms with Gasteiger partial charge in [-0.15, -0.1) is 0 Å². The molecule has 0 aliphatic carbocycles. The van der Waals surface area contributed by atoms with E-state index < -0.39 is 18.0 Å². The first kappa shape index (κ1) is 13.8. The first-order valence-corrected chi connectivity index (χ1v) is 5.03. The van der Waals surface area contributed by atoms with Crippen LogP contribution in [-0.2, 0) is 0 Å². The van der Waals surface area contributed by atoms with Gasteiger partial charge in [0.05, 0.1) is 7.11 Å². The first-order chi connectivity index (χ1) is 7.90. The second kappa shape index (κ2) is 5.35. The van der Waals surface area contributed by atoms with Gasteiger partial charge >= 0.3 is 6.18 Å². The zero-order valence-electron chi connectivity index (χ0n) is 9.44. The van der Waals surface area contributed by atoms with Gasteiger partial charge in [-0.05, 0) is 24.7 Å². The fourth-order valence-electron chi connectivity index (χ4n) is 1.54. The van der Waals surface area contributed by atoms with Gasteiger partial charge in [0.1, 0.15) is 17.6 Å². The molecule has 0 aromatic heterocycles.